The van der Waals surface area contributed by atoms with Crippen molar-refractivity contribution >= 4 is 34.1 Å². The van der Waals surface area contributed by atoms with Crippen LogP contribution < -0.4 is 25.4 Å². The molecule has 0 radical (unpaired) electrons. The van der Waals surface area contributed by atoms with Gasteiger partial charge in [-0.25, -0.2) is 0 Å². The fraction of sp³-hybridized carbons (Fsp3) is 0.280. The summed E-state index contributed by atoms with van der Waals surface area (Å²) < 4.78 is 11.6. The van der Waals surface area contributed by atoms with Crippen LogP contribution in [0.25, 0.3) is 10.9 Å². The largest absolute Gasteiger partial charge is 0.496 e. The third-order valence-electron chi connectivity index (χ3n) is 5.59. The van der Waals surface area contributed by atoms with Crippen LogP contribution in [0.4, 0.5) is 5.69 Å². The van der Waals surface area contributed by atoms with Gasteiger partial charge in [-0.2, -0.15) is 0 Å². The maximum absolute atomic E-state index is 12.7. The Morgan fingerprint density at radius 3 is 2.52 bits per heavy atom. The second kappa shape index (κ2) is 8.83. The van der Waals surface area contributed by atoms with Crippen LogP contribution in [0, 0.1) is 0 Å². The number of hydrogen-bond donors (Lipinski definition) is 3. The van der Waals surface area contributed by atoms with Gasteiger partial charge in [0, 0.05) is 35.8 Å². The van der Waals surface area contributed by atoms with Crippen LogP contribution in [0.2, 0.25) is 5.02 Å². The highest BCUT2D eigenvalue weighted by atomic mass is 35.5. The number of aromatic nitrogens is 1. The van der Waals surface area contributed by atoms with Gasteiger partial charge in [-0.3, -0.25) is 9.78 Å². The molecule has 1 amide bonds. The highest BCUT2D eigenvalue weighted by Crippen LogP contribution is 2.36. The van der Waals surface area contributed by atoms with Crippen LogP contribution in [-0.4, -0.2) is 30.1 Å². The predicted octanol–water partition coefficient (Wildman–Crippen LogP) is 5.22. The molecule has 0 saturated heterocycles. The van der Waals surface area contributed by atoms with E-state index in [1.807, 2.05) is 12.1 Å². The molecule has 2 aliphatic rings. The van der Waals surface area contributed by atoms with Crippen LogP contribution in [-0.2, 0) is 0 Å². The number of benzene rings is 2. The minimum Gasteiger partial charge on any atom is -0.496 e. The van der Waals surface area contributed by atoms with Gasteiger partial charge in [-0.1, -0.05) is 18.2 Å². The van der Waals surface area contributed by atoms with Gasteiger partial charge in [0.05, 0.1) is 34.7 Å². The number of ether oxygens (including phenoxy) is 2. The summed E-state index contributed by atoms with van der Waals surface area (Å²) in [5, 5.41) is 10.7. The van der Waals surface area contributed by atoms with Gasteiger partial charge in [0.15, 0.2) is 0 Å². The molecule has 2 aliphatic carbocycles. The van der Waals surface area contributed by atoms with Crippen molar-refractivity contribution in [1.29, 1.82) is 0 Å². The third-order valence-corrected chi connectivity index (χ3v) is 5.90. The minimum atomic E-state index is -0.162. The lowest BCUT2D eigenvalue weighted by atomic mass is 10.1. The Morgan fingerprint density at radius 1 is 1.06 bits per heavy atom. The van der Waals surface area contributed by atoms with Crippen LogP contribution in [0.1, 0.15) is 36.0 Å². The molecule has 8 heteroatoms. The molecular weight excluding hydrogens is 440 g/mol. The van der Waals surface area contributed by atoms with Crippen molar-refractivity contribution < 1.29 is 14.3 Å². The van der Waals surface area contributed by atoms with E-state index in [-0.39, 0.29) is 11.9 Å². The van der Waals surface area contributed by atoms with Crippen LogP contribution in [0.5, 0.6) is 17.2 Å². The van der Waals surface area contributed by atoms with Crippen molar-refractivity contribution in [2.24, 2.45) is 0 Å². The van der Waals surface area contributed by atoms with Gasteiger partial charge in [-0.05, 0) is 49.9 Å². The maximum Gasteiger partial charge on any atom is 0.255 e. The summed E-state index contributed by atoms with van der Waals surface area (Å²) >= 11 is 6.48. The van der Waals surface area contributed by atoms with Crippen molar-refractivity contribution in [3.63, 3.8) is 0 Å². The molecule has 1 aromatic heterocycles. The quantitative estimate of drug-likeness (QED) is 0.403. The van der Waals surface area contributed by atoms with Crippen molar-refractivity contribution in [3.05, 3.63) is 65.6 Å². The first-order chi connectivity index (χ1) is 16.0. The fourth-order valence-electron chi connectivity index (χ4n) is 3.53. The molecule has 170 valence electrons. The highest BCUT2D eigenvalue weighted by Gasteiger charge is 2.26. The molecule has 2 aromatic carbocycles. The molecule has 1 heterocycles. The zero-order valence-corrected chi connectivity index (χ0v) is 19.0. The molecule has 5 rings (SSSR count). The molecule has 33 heavy (non-hydrogen) atoms. The number of methoxy groups -OCH3 is 1. The lowest BCUT2D eigenvalue weighted by Gasteiger charge is -2.15. The molecule has 3 aromatic rings. The molecule has 0 atom stereocenters. The summed E-state index contributed by atoms with van der Waals surface area (Å²) in [4.78, 5) is 17.2. The summed E-state index contributed by atoms with van der Waals surface area (Å²) in [6.45, 7) is 3.99. The first-order valence-electron chi connectivity index (χ1n) is 11.0. The van der Waals surface area contributed by atoms with Gasteiger partial charge < -0.3 is 25.4 Å². The normalized spacial score (nSPS) is 15.1. The van der Waals surface area contributed by atoms with Crippen LogP contribution in [0.15, 0.2) is 55.0 Å². The number of carbonyl (C=O) groups is 1. The monoisotopic (exact) mass is 464 g/mol. The van der Waals surface area contributed by atoms with E-state index >= 15 is 0 Å². The number of nitrogens with zero attached hydrogens (tertiary/aromatic N) is 1. The Morgan fingerprint density at radius 2 is 1.82 bits per heavy atom. The SMILES string of the molecule is C=C(Nc1ccc(Oc2ccnc3cc(OC)c(C(=O)NC4CC4)cc23)cc1Cl)NC1CC1. The van der Waals surface area contributed by atoms with E-state index in [2.05, 4.69) is 27.5 Å². The summed E-state index contributed by atoms with van der Waals surface area (Å²) in [5.41, 5.74) is 1.86. The number of hydrogen-bond acceptors (Lipinski definition) is 6. The Labute approximate surface area is 197 Å². The number of amides is 1. The van der Waals surface area contributed by atoms with E-state index in [1.54, 1.807) is 37.6 Å². The topological polar surface area (TPSA) is 84.5 Å². The highest BCUT2D eigenvalue weighted by molar-refractivity contribution is 6.33. The molecule has 0 aliphatic heterocycles. The van der Waals surface area contributed by atoms with Gasteiger partial charge in [0.25, 0.3) is 5.91 Å². The number of nitrogens with one attached hydrogen (secondary N) is 3. The number of fused-ring (bicyclic) bond motifs is 1. The molecule has 2 saturated carbocycles. The van der Waals surface area contributed by atoms with Crippen molar-refractivity contribution in [2.45, 2.75) is 37.8 Å². The number of carbonyl (C=O) groups excluding carboxylic acids is 1. The average Bonchev–Trinajstić information content (AvgIpc) is 3.72. The van der Waals surface area contributed by atoms with E-state index in [9.17, 15) is 4.79 Å². The molecule has 0 unspecified atom stereocenters. The summed E-state index contributed by atoms with van der Waals surface area (Å²) in [5.74, 6) is 2.17. The summed E-state index contributed by atoms with van der Waals surface area (Å²) in [6.07, 6.45) is 6.00. The van der Waals surface area contributed by atoms with Crippen LogP contribution in [0.3, 0.4) is 0 Å². The van der Waals surface area contributed by atoms with Crippen molar-refractivity contribution in [3.8, 4) is 17.2 Å². The minimum absolute atomic E-state index is 0.162. The fourth-order valence-corrected chi connectivity index (χ4v) is 3.75. The maximum atomic E-state index is 12.7. The van der Waals surface area contributed by atoms with E-state index < -0.39 is 0 Å². The Hall–Kier alpha value is -3.45. The second-order valence-electron chi connectivity index (χ2n) is 8.39. The lowest BCUT2D eigenvalue weighted by molar-refractivity contribution is 0.0948. The Kier molecular flexibility index (Phi) is 5.72. The van der Waals surface area contributed by atoms with Crippen molar-refractivity contribution in [2.75, 3.05) is 12.4 Å². The molecule has 7 nitrogen and oxygen atoms in total. The summed E-state index contributed by atoms with van der Waals surface area (Å²) in [7, 11) is 1.54. The standard InChI is InChI=1S/C25H25ClN4O3/c1-14(28-15-3-4-15)29-21-8-7-17(11-20(21)26)33-23-9-10-27-22-13-24(32-2)19(12-18(22)23)25(31)30-16-5-6-16/h7-13,15-16,28-29H,1,3-6H2,2H3,(H,30,31). The Balaban J connectivity index is 1.40. The van der Waals surface area contributed by atoms with Gasteiger partial charge >= 0.3 is 0 Å². The predicted molar refractivity (Wildman–Crippen MR) is 129 cm³/mol. The molecule has 3 N–H and O–H groups in total. The zero-order chi connectivity index (χ0) is 22.9. The van der Waals surface area contributed by atoms with Crippen LogP contribution >= 0.6 is 11.6 Å². The number of anilines is 1. The average molecular weight is 465 g/mol. The summed E-state index contributed by atoms with van der Waals surface area (Å²) in [6, 6.07) is 11.4. The zero-order valence-electron chi connectivity index (χ0n) is 18.3. The first kappa shape index (κ1) is 21.4. The smallest absolute Gasteiger partial charge is 0.255 e. The van der Waals surface area contributed by atoms with Gasteiger partial charge in [0.2, 0.25) is 0 Å². The van der Waals surface area contributed by atoms with Gasteiger partial charge in [-0.15, -0.1) is 0 Å². The van der Waals surface area contributed by atoms with E-state index in [1.165, 1.54) is 0 Å². The lowest BCUT2D eigenvalue weighted by Crippen LogP contribution is -2.25. The number of halogens is 1. The second-order valence-corrected chi connectivity index (χ2v) is 8.80. The Bertz CT molecular complexity index is 1240. The van der Waals surface area contributed by atoms with Crippen molar-refractivity contribution in [1.82, 2.24) is 15.6 Å². The van der Waals surface area contributed by atoms with Gasteiger partial charge in [0.1, 0.15) is 17.2 Å². The molecule has 2 fully saturated rings. The first-order valence-corrected chi connectivity index (χ1v) is 11.4. The van der Waals surface area contributed by atoms with E-state index in [0.29, 0.717) is 44.8 Å². The number of pyridine rings is 1. The molecule has 0 bridgehead atoms. The van der Waals surface area contributed by atoms with E-state index in [0.717, 1.165) is 37.2 Å². The van der Waals surface area contributed by atoms with E-state index in [4.69, 9.17) is 21.1 Å². The molecule has 0 spiro atoms. The number of rotatable bonds is 9. The molecular formula is C25H25ClN4O3. The third kappa shape index (κ3) is 4.98.